The van der Waals surface area contributed by atoms with Crippen molar-refractivity contribution < 1.29 is 4.74 Å². The molecule has 2 rings (SSSR count). The summed E-state index contributed by atoms with van der Waals surface area (Å²) < 4.78 is 5.74. The first-order valence-corrected chi connectivity index (χ1v) is 7.25. The van der Waals surface area contributed by atoms with Crippen molar-refractivity contribution in [3.8, 4) is 0 Å². The third-order valence-corrected chi connectivity index (χ3v) is 3.59. The van der Waals surface area contributed by atoms with Gasteiger partial charge >= 0.3 is 0 Å². The number of pyridine rings is 1. The Morgan fingerprint density at radius 1 is 1.24 bits per heavy atom. The molecule has 0 amide bonds. The summed E-state index contributed by atoms with van der Waals surface area (Å²) in [5.41, 5.74) is 9.01. The highest BCUT2D eigenvalue weighted by Crippen LogP contribution is 2.24. The summed E-state index contributed by atoms with van der Waals surface area (Å²) in [6.45, 7) is 2.97. The van der Waals surface area contributed by atoms with Gasteiger partial charge in [-0.2, -0.15) is 0 Å². The lowest BCUT2D eigenvalue weighted by Crippen LogP contribution is -2.37. The molecule has 0 saturated heterocycles. The minimum atomic E-state index is -0.0224. The van der Waals surface area contributed by atoms with Crippen LogP contribution >= 0.6 is 0 Å². The van der Waals surface area contributed by atoms with E-state index >= 15 is 0 Å². The van der Waals surface area contributed by atoms with Crippen molar-refractivity contribution in [3.05, 3.63) is 59.9 Å². The molecule has 0 bridgehead atoms. The average molecular weight is 285 g/mol. The fraction of sp³-hybridized carbons (Fsp3) is 0.353. The molecule has 4 heteroatoms. The Morgan fingerprint density at radius 3 is 2.62 bits per heavy atom. The number of rotatable bonds is 7. The molecule has 4 nitrogen and oxygen atoms in total. The van der Waals surface area contributed by atoms with Gasteiger partial charge in [-0.15, -0.1) is 0 Å². The van der Waals surface area contributed by atoms with Gasteiger partial charge in [0.2, 0.25) is 0 Å². The highest BCUT2D eigenvalue weighted by atomic mass is 16.5. The van der Waals surface area contributed by atoms with Crippen molar-refractivity contribution in [2.45, 2.75) is 25.5 Å². The lowest BCUT2D eigenvalue weighted by Gasteiger charge is -2.27. The highest BCUT2D eigenvalue weighted by molar-refractivity contribution is 5.44. The maximum Gasteiger partial charge on any atom is 0.0977 e. The number of hydrogen-bond donors (Lipinski definition) is 2. The summed E-state index contributed by atoms with van der Waals surface area (Å²) in [5, 5.41) is 3.50. The van der Waals surface area contributed by atoms with Gasteiger partial charge in [-0.1, -0.05) is 37.3 Å². The van der Waals surface area contributed by atoms with Crippen LogP contribution in [0.25, 0.3) is 0 Å². The number of nitrogen functional groups attached to an aromatic ring is 1. The molecule has 0 fully saturated rings. The summed E-state index contributed by atoms with van der Waals surface area (Å²) in [7, 11) is 1.74. The van der Waals surface area contributed by atoms with Crippen LogP contribution in [0.3, 0.4) is 0 Å². The monoisotopic (exact) mass is 285 g/mol. The zero-order chi connectivity index (χ0) is 15.1. The van der Waals surface area contributed by atoms with Crippen molar-refractivity contribution in [3.63, 3.8) is 0 Å². The van der Waals surface area contributed by atoms with Crippen molar-refractivity contribution in [2.75, 3.05) is 19.4 Å². The molecule has 1 aromatic carbocycles. The van der Waals surface area contributed by atoms with E-state index < -0.39 is 0 Å². The van der Waals surface area contributed by atoms with Crippen molar-refractivity contribution in [1.29, 1.82) is 0 Å². The maximum absolute atomic E-state index is 6.04. The van der Waals surface area contributed by atoms with Crippen molar-refractivity contribution >= 4 is 5.69 Å². The number of hydrogen-bond acceptors (Lipinski definition) is 4. The van der Waals surface area contributed by atoms with Gasteiger partial charge in [0.25, 0.3) is 0 Å². The van der Waals surface area contributed by atoms with E-state index in [0.29, 0.717) is 0 Å². The van der Waals surface area contributed by atoms with Crippen LogP contribution in [0.1, 0.15) is 24.2 Å². The van der Waals surface area contributed by atoms with Gasteiger partial charge in [0.1, 0.15) is 0 Å². The van der Waals surface area contributed by atoms with Gasteiger partial charge in [0.05, 0.1) is 6.10 Å². The molecule has 0 aliphatic carbocycles. The van der Waals surface area contributed by atoms with Crippen molar-refractivity contribution in [2.24, 2.45) is 0 Å². The van der Waals surface area contributed by atoms with Crippen molar-refractivity contribution in [1.82, 2.24) is 10.3 Å². The number of nitrogens with zero attached hydrogens (tertiary/aromatic N) is 1. The largest absolute Gasteiger partial charge is 0.398 e. The van der Waals surface area contributed by atoms with Crippen LogP contribution < -0.4 is 11.1 Å². The van der Waals surface area contributed by atoms with Crippen LogP contribution in [-0.2, 0) is 11.2 Å². The summed E-state index contributed by atoms with van der Waals surface area (Å²) >= 11 is 0. The number of ether oxygens (including phenoxy) is 1. The molecular formula is C17H23N3O. The molecule has 0 aliphatic heterocycles. The Kier molecular flexibility index (Phi) is 5.72. The number of likely N-dealkylation sites (N-methyl/N-ethyl adjacent to an activating group) is 1. The van der Waals surface area contributed by atoms with Crippen LogP contribution in [-0.4, -0.2) is 24.7 Å². The van der Waals surface area contributed by atoms with Crippen LogP contribution in [0.15, 0.2) is 48.8 Å². The zero-order valence-corrected chi connectivity index (χ0v) is 12.6. The number of aromatic nitrogens is 1. The van der Waals surface area contributed by atoms with Gasteiger partial charge in [0.15, 0.2) is 0 Å². The number of nitrogens with two attached hydrogens (primary N) is 1. The van der Waals surface area contributed by atoms with Gasteiger partial charge in [-0.3, -0.25) is 4.98 Å². The highest BCUT2D eigenvalue weighted by Gasteiger charge is 2.23. The van der Waals surface area contributed by atoms with E-state index in [2.05, 4.69) is 29.4 Å². The number of benzene rings is 1. The fourth-order valence-corrected chi connectivity index (χ4v) is 2.57. The second kappa shape index (κ2) is 7.76. The van der Waals surface area contributed by atoms with Gasteiger partial charge in [-0.05, 0) is 30.2 Å². The quantitative estimate of drug-likeness (QED) is 0.821. The molecule has 2 unspecified atom stereocenters. The van der Waals surface area contributed by atoms with Crippen LogP contribution in [0.2, 0.25) is 0 Å². The van der Waals surface area contributed by atoms with Crippen LogP contribution in [0.5, 0.6) is 0 Å². The van der Waals surface area contributed by atoms with E-state index in [1.165, 1.54) is 0 Å². The first-order valence-electron chi connectivity index (χ1n) is 7.25. The molecule has 1 heterocycles. The molecule has 2 atom stereocenters. The summed E-state index contributed by atoms with van der Waals surface area (Å²) in [5.74, 6) is 0. The second-order valence-electron chi connectivity index (χ2n) is 5.01. The molecule has 3 N–H and O–H groups in total. The molecule has 0 radical (unpaired) electrons. The Hall–Kier alpha value is -1.91. The van der Waals surface area contributed by atoms with E-state index in [0.717, 1.165) is 29.8 Å². The summed E-state index contributed by atoms with van der Waals surface area (Å²) in [6, 6.07) is 12.2. The fourth-order valence-electron chi connectivity index (χ4n) is 2.57. The molecule has 2 aromatic rings. The minimum Gasteiger partial charge on any atom is -0.398 e. The van der Waals surface area contributed by atoms with Crippen LogP contribution in [0.4, 0.5) is 5.69 Å². The first-order chi connectivity index (χ1) is 10.3. The molecule has 21 heavy (non-hydrogen) atoms. The Bertz CT molecular complexity index is 545. The average Bonchev–Trinajstić information content (AvgIpc) is 2.51. The molecular weight excluding hydrogens is 262 g/mol. The van der Waals surface area contributed by atoms with E-state index in [-0.39, 0.29) is 12.1 Å². The van der Waals surface area contributed by atoms with E-state index in [4.69, 9.17) is 10.5 Å². The topological polar surface area (TPSA) is 60.2 Å². The van der Waals surface area contributed by atoms with E-state index in [9.17, 15) is 0 Å². The summed E-state index contributed by atoms with van der Waals surface area (Å²) in [4.78, 5) is 4.17. The third-order valence-electron chi connectivity index (χ3n) is 3.59. The molecule has 0 spiro atoms. The van der Waals surface area contributed by atoms with Gasteiger partial charge in [0, 0.05) is 31.2 Å². The summed E-state index contributed by atoms with van der Waals surface area (Å²) in [6.07, 6.45) is 4.30. The standard InChI is InChI=1S/C17H23N3O/c1-3-20-16(11-14-12-19-10-9-15(14)18)17(21-2)13-7-5-4-6-8-13/h4-10,12,16-17,20H,3,11H2,1-2H3,(H2,18,19). The SMILES string of the molecule is CCNC(Cc1cnccc1N)C(OC)c1ccccc1. The Morgan fingerprint density at radius 2 is 2.00 bits per heavy atom. The van der Waals surface area contributed by atoms with Gasteiger partial charge < -0.3 is 15.8 Å². The number of methoxy groups -OCH3 is 1. The van der Waals surface area contributed by atoms with E-state index in [1.807, 2.05) is 30.5 Å². The number of anilines is 1. The Labute approximate surface area is 126 Å². The minimum absolute atomic E-state index is 0.0224. The Balaban J connectivity index is 2.23. The molecule has 112 valence electrons. The second-order valence-corrected chi connectivity index (χ2v) is 5.01. The maximum atomic E-state index is 6.04. The number of nitrogens with one attached hydrogen (secondary N) is 1. The molecule has 0 saturated carbocycles. The lowest BCUT2D eigenvalue weighted by atomic mass is 9.96. The lowest BCUT2D eigenvalue weighted by molar-refractivity contribution is 0.0684. The van der Waals surface area contributed by atoms with Crippen LogP contribution in [0, 0.1) is 0 Å². The molecule has 1 aromatic heterocycles. The predicted molar refractivity (Wildman–Crippen MR) is 86.0 cm³/mol. The smallest absolute Gasteiger partial charge is 0.0977 e. The first kappa shape index (κ1) is 15.5. The zero-order valence-electron chi connectivity index (χ0n) is 12.6. The normalized spacial score (nSPS) is 13.8. The predicted octanol–water partition coefficient (Wildman–Crippen LogP) is 2.57. The molecule has 0 aliphatic rings. The van der Waals surface area contributed by atoms with Gasteiger partial charge in [-0.25, -0.2) is 0 Å². The third kappa shape index (κ3) is 4.03. The van der Waals surface area contributed by atoms with E-state index in [1.54, 1.807) is 13.3 Å².